The molecule has 4 nitrogen and oxygen atoms in total. The number of benzene rings is 1. The highest BCUT2D eigenvalue weighted by atomic mass is 35.5. The Morgan fingerprint density at radius 2 is 1.96 bits per heavy atom. The predicted molar refractivity (Wildman–Crippen MR) is 118 cm³/mol. The number of fused-ring (bicyclic) bond motifs is 3. The van der Waals surface area contributed by atoms with Crippen LogP contribution in [-0.2, 0) is 12.8 Å². The fraction of sp³-hybridized carbons (Fsp3) is 0.190. The number of aromatic nitrogens is 2. The summed E-state index contributed by atoms with van der Waals surface area (Å²) in [5, 5.41) is 7.92. The van der Waals surface area contributed by atoms with E-state index in [0.29, 0.717) is 10.8 Å². The molecule has 1 aromatic carbocycles. The van der Waals surface area contributed by atoms with E-state index >= 15 is 0 Å². The highest BCUT2D eigenvalue weighted by Crippen LogP contribution is 2.35. The van der Waals surface area contributed by atoms with Crippen molar-refractivity contribution in [2.45, 2.75) is 25.7 Å². The van der Waals surface area contributed by atoms with Gasteiger partial charge in [-0.3, -0.25) is 4.79 Å². The Labute approximate surface area is 174 Å². The molecule has 0 radical (unpaired) electrons. The zero-order chi connectivity index (χ0) is 19.1. The molecule has 0 saturated carbocycles. The van der Waals surface area contributed by atoms with E-state index in [1.165, 1.54) is 21.5 Å². The Hall–Kier alpha value is -2.28. The Morgan fingerprint density at radius 3 is 2.75 bits per heavy atom. The minimum atomic E-state index is -0.0852. The second-order valence-corrected chi connectivity index (χ2v) is 9.18. The molecule has 0 saturated heterocycles. The van der Waals surface area contributed by atoms with Gasteiger partial charge in [0.1, 0.15) is 4.83 Å². The molecule has 0 atom stereocenters. The summed E-state index contributed by atoms with van der Waals surface area (Å²) >= 11 is 9.18. The molecule has 0 unspecified atom stereocenters. The summed E-state index contributed by atoms with van der Waals surface area (Å²) in [6.07, 6.45) is 5.98. The lowest BCUT2D eigenvalue weighted by atomic mass is 9.97. The minimum Gasteiger partial charge on any atom is -0.267 e. The molecule has 4 aromatic rings. The normalized spacial score (nSPS) is 14.0. The van der Waals surface area contributed by atoms with Gasteiger partial charge in [0, 0.05) is 9.90 Å². The van der Waals surface area contributed by atoms with Crippen molar-refractivity contribution in [2.75, 3.05) is 0 Å². The first kappa shape index (κ1) is 17.8. The molecule has 0 N–H and O–H groups in total. The molecular formula is C21H16ClN3OS2. The van der Waals surface area contributed by atoms with Crippen LogP contribution in [0.5, 0.6) is 0 Å². The topological polar surface area (TPSA) is 47.2 Å². The van der Waals surface area contributed by atoms with Gasteiger partial charge < -0.3 is 0 Å². The van der Waals surface area contributed by atoms with Crippen molar-refractivity contribution in [3.8, 4) is 10.7 Å². The van der Waals surface area contributed by atoms with Gasteiger partial charge in [0.25, 0.3) is 5.56 Å². The molecule has 140 valence electrons. The van der Waals surface area contributed by atoms with Crippen LogP contribution in [0.2, 0.25) is 5.02 Å². The van der Waals surface area contributed by atoms with Crippen LogP contribution < -0.4 is 5.56 Å². The van der Waals surface area contributed by atoms with E-state index in [1.807, 2.05) is 41.8 Å². The average molecular weight is 426 g/mol. The maximum absolute atomic E-state index is 13.5. The van der Waals surface area contributed by atoms with E-state index < -0.39 is 0 Å². The number of hydrogen-bond donors (Lipinski definition) is 0. The van der Waals surface area contributed by atoms with E-state index in [1.54, 1.807) is 28.9 Å². The monoisotopic (exact) mass is 425 g/mol. The summed E-state index contributed by atoms with van der Waals surface area (Å²) in [5.74, 6) is 0.594. The molecule has 3 aromatic heterocycles. The largest absolute Gasteiger partial charge is 0.283 e. The molecule has 0 amide bonds. The van der Waals surface area contributed by atoms with Gasteiger partial charge in [-0.2, -0.15) is 9.78 Å². The second kappa shape index (κ2) is 7.28. The number of rotatable bonds is 3. The van der Waals surface area contributed by atoms with Crippen LogP contribution in [-0.4, -0.2) is 15.9 Å². The summed E-state index contributed by atoms with van der Waals surface area (Å²) in [4.78, 5) is 21.4. The fourth-order valence-corrected chi connectivity index (χ4v) is 5.62. The van der Waals surface area contributed by atoms with Crippen molar-refractivity contribution < 1.29 is 0 Å². The summed E-state index contributed by atoms with van der Waals surface area (Å²) in [6, 6.07) is 11.3. The summed E-state index contributed by atoms with van der Waals surface area (Å²) in [7, 11) is 0. The molecule has 28 heavy (non-hydrogen) atoms. The van der Waals surface area contributed by atoms with Gasteiger partial charge in [-0.05, 0) is 60.4 Å². The predicted octanol–water partition coefficient (Wildman–Crippen LogP) is 5.60. The van der Waals surface area contributed by atoms with E-state index in [2.05, 4.69) is 5.10 Å². The zero-order valence-corrected chi connectivity index (χ0v) is 17.3. The molecule has 0 spiro atoms. The Kier molecular flexibility index (Phi) is 4.62. The molecule has 1 aliphatic carbocycles. The van der Waals surface area contributed by atoms with Crippen LogP contribution in [0.3, 0.4) is 0 Å². The molecule has 0 fully saturated rings. The molecule has 0 bridgehead atoms. The lowest BCUT2D eigenvalue weighted by molar-refractivity contribution is 0.699. The van der Waals surface area contributed by atoms with Crippen molar-refractivity contribution in [3.63, 3.8) is 0 Å². The number of thiophene rings is 2. The van der Waals surface area contributed by atoms with Gasteiger partial charge in [0.05, 0.1) is 16.5 Å². The van der Waals surface area contributed by atoms with Crippen LogP contribution >= 0.6 is 34.3 Å². The minimum absolute atomic E-state index is 0.0852. The first-order valence-corrected chi connectivity index (χ1v) is 11.2. The van der Waals surface area contributed by atoms with Gasteiger partial charge in [-0.25, -0.2) is 4.98 Å². The first-order valence-electron chi connectivity index (χ1n) is 9.12. The Bertz CT molecular complexity index is 1240. The number of hydrogen-bond acceptors (Lipinski definition) is 5. The van der Waals surface area contributed by atoms with Gasteiger partial charge in [0.2, 0.25) is 0 Å². The van der Waals surface area contributed by atoms with Crippen LogP contribution in [0, 0.1) is 0 Å². The summed E-state index contributed by atoms with van der Waals surface area (Å²) < 4.78 is 1.45. The van der Waals surface area contributed by atoms with Gasteiger partial charge in [0.15, 0.2) is 5.82 Å². The van der Waals surface area contributed by atoms with Crippen molar-refractivity contribution in [1.29, 1.82) is 0 Å². The van der Waals surface area contributed by atoms with Crippen molar-refractivity contribution >= 4 is 50.7 Å². The quantitative estimate of drug-likeness (QED) is 0.401. The van der Waals surface area contributed by atoms with E-state index in [4.69, 9.17) is 16.6 Å². The van der Waals surface area contributed by atoms with Gasteiger partial charge in [-0.15, -0.1) is 22.7 Å². The lowest BCUT2D eigenvalue weighted by Crippen LogP contribution is -2.20. The third kappa shape index (κ3) is 3.11. The van der Waals surface area contributed by atoms with Crippen LogP contribution in [0.15, 0.2) is 51.7 Å². The van der Waals surface area contributed by atoms with E-state index in [-0.39, 0.29) is 5.56 Å². The van der Waals surface area contributed by atoms with Gasteiger partial charge >= 0.3 is 0 Å². The number of aryl methyl sites for hydroxylation is 2. The molecule has 1 aliphatic rings. The molecule has 7 heteroatoms. The number of nitrogens with zero attached hydrogens (tertiary/aromatic N) is 3. The molecular weight excluding hydrogens is 410 g/mol. The molecule has 0 aliphatic heterocycles. The standard InChI is InChI=1S/C21H16ClN3OS2/c22-14-9-7-13(8-10-14)12-23-25-19(17-6-3-11-27-17)24-20-18(21(25)26)15-4-1-2-5-16(15)28-20/h3,6-12H,1-2,4-5H2/b23-12+. The van der Waals surface area contributed by atoms with Crippen molar-refractivity contribution in [2.24, 2.45) is 5.10 Å². The first-order chi connectivity index (χ1) is 13.7. The van der Waals surface area contributed by atoms with Gasteiger partial charge in [-0.1, -0.05) is 29.8 Å². The zero-order valence-electron chi connectivity index (χ0n) is 14.9. The fourth-order valence-electron chi connectivity index (χ4n) is 3.54. The Morgan fingerprint density at radius 1 is 1.14 bits per heavy atom. The van der Waals surface area contributed by atoms with Crippen LogP contribution in [0.4, 0.5) is 0 Å². The highest BCUT2D eigenvalue weighted by molar-refractivity contribution is 7.19. The van der Waals surface area contributed by atoms with Crippen LogP contribution in [0.25, 0.3) is 20.9 Å². The average Bonchev–Trinajstić information content (AvgIpc) is 3.36. The van der Waals surface area contributed by atoms with Crippen molar-refractivity contribution in [1.82, 2.24) is 9.66 Å². The lowest BCUT2D eigenvalue weighted by Gasteiger charge is -2.10. The Balaban J connectivity index is 1.73. The van der Waals surface area contributed by atoms with E-state index in [9.17, 15) is 4.79 Å². The number of halogens is 1. The highest BCUT2D eigenvalue weighted by Gasteiger charge is 2.22. The third-order valence-corrected chi connectivity index (χ3v) is 7.20. The summed E-state index contributed by atoms with van der Waals surface area (Å²) in [5.41, 5.74) is 1.97. The smallest absolute Gasteiger partial charge is 0.267 e. The van der Waals surface area contributed by atoms with E-state index in [0.717, 1.165) is 39.9 Å². The molecule has 3 heterocycles. The maximum atomic E-state index is 13.5. The second-order valence-electron chi connectivity index (χ2n) is 6.72. The molecule has 5 rings (SSSR count). The maximum Gasteiger partial charge on any atom is 0.283 e. The van der Waals surface area contributed by atoms with Crippen molar-refractivity contribution in [3.05, 3.63) is 73.2 Å². The summed E-state index contributed by atoms with van der Waals surface area (Å²) in [6.45, 7) is 0. The third-order valence-electron chi connectivity index (χ3n) is 4.90. The van der Waals surface area contributed by atoms with Crippen LogP contribution in [0.1, 0.15) is 28.8 Å². The SMILES string of the molecule is O=c1c2c3c(sc2nc(-c2cccs2)n1/N=C/c1ccc(Cl)cc1)CCCC3.